The molecule has 0 aromatic rings. The first-order valence-electron chi connectivity index (χ1n) is 5.32. The van der Waals surface area contributed by atoms with Crippen molar-refractivity contribution in [1.29, 1.82) is 0 Å². The van der Waals surface area contributed by atoms with Crippen LogP contribution in [0.25, 0.3) is 0 Å². The maximum Gasteiger partial charge on any atom is 0.247 e. The summed E-state index contributed by atoms with van der Waals surface area (Å²) in [6.45, 7) is -1.92. The lowest BCUT2D eigenvalue weighted by Crippen LogP contribution is -2.68. The van der Waals surface area contributed by atoms with Gasteiger partial charge in [-0.1, -0.05) is 0 Å². The minimum atomic E-state index is -2.67. The summed E-state index contributed by atoms with van der Waals surface area (Å²) in [4.78, 5) is 0. The van der Waals surface area contributed by atoms with Gasteiger partial charge < -0.3 is 45.2 Å². The molecule has 7 N–H and O–H groups in total. The Kier molecular flexibility index (Phi) is 5.40. The number of hydrogen-bond donors (Lipinski definition) is 7. The molecule has 0 amide bonds. The van der Waals surface area contributed by atoms with Crippen LogP contribution >= 0.6 is 0 Å². The molecule has 108 valence electrons. The monoisotopic (exact) mass is 270 g/mol. The van der Waals surface area contributed by atoms with Gasteiger partial charge in [0, 0.05) is 0 Å². The third kappa shape index (κ3) is 2.96. The van der Waals surface area contributed by atoms with Crippen LogP contribution in [0.3, 0.4) is 0 Å². The molecule has 6 atom stereocenters. The van der Waals surface area contributed by atoms with Gasteiger partial charge in [0.2, 0.25) is 12.1 Å². The van der Waals surface area contributed by atoms with Crippen LogP contribution in [0.5, 0.6) is 0 Å². The zero-order valence-electron chi connectivity index (χ0n) is 9.46. The minimum Gasteiger partial charge on any atom is -0.394 e. The SMILES string of the molecule is OCC(O)CO[C@]1(O)[C@@H](O)O[C@H](CO)[C@H](O)[C@@H]1O. The van der Waals surface area contributed by atoms with Crippen LogP contribution in [-0.4, -0.2) is 92.1 Å². The molecular formula is C9H18O9. The van der Waals surface area contributed by atoms with Crippen molar-refractivity contribution >= 4 is 0 Å². The van der Waals surface area contributed by atoms with Gasteiger partial charge in [0.05, 0.1) is 19.8 Å². The lowest BCUT2D eigenvalue weighted by Gasteiger charge is -2.45. The molecule has 0 aliphatic carbocycles. The first-order chi connectivity index (χ1) is 8.36. The third-order valence-corrected chi connectivity index (χ3v) is 2.68. The van der Waals surface area contributed by atoms with Gasteiger partial charge in [-0.2, -0.15) is 0 Å². The highest BCUT2D eigenvalue weighted by Crippen LogP contribution is 2.29. The first kappa shape index (κ1) is 15.7. The molecule has 0 aromatic carbocycles. The van der Waals surface area contributed by atoms with Crippen LogP contribution in [-0.2, 0) is 9.47 Å². The van der Waals surface area contributed by atoms with E-state index in [-0.39, 0.29) is 0 Å². The van der Waals surface area contributed by atoms with Gasteiger partial charge in [0.25, 0.3) is 0 Å². The Morgan fingerprint density at radius 1 is 1.22 bits per heavy atom. The molecule has 1 aliphatic rings. The third-order valence-electron chi connectivity index (χ3n) is 2.68. The van der Waals surface area contributed by atoms with Crippen molar-refractivity contribution in [2.24, 2.45) is 0 Å². The lowest BCUT2D eigenvalue weighted by atomic mass is 9.96. The van der Waals surface area contributed by atoms with E-state index in [1.54, 1.807) is 0 Å². The second-order valence-corrected chi connectivity index (χ2v) is 4.04. The van der Waals surface area contributed by atoms with Crippen LogP contribution in [0.15, 0.2) is 0 Å². The van der Waals surface area contributed by atoms with Crippen LogP contribution in [0.1, 0.15) is 0 Å². The van der Waals surface area contributed by atoms with E-state index in [0.29, 0.717) is 0 Å². The molecule has 1 aliphatic heterocycles. The van der Waals surface area contributed by atoms with Crippen molar-refractivity contribution in [3.63, 3.8) is 0 Å². The average molecular weight is 270 g/mol. The van der Waals surface area contributed by atoms with E-state index in [0.717, 1.165) is 0 Å². The summed E-state index contributed by atoms with van der Waals surface area (Å²) >= 11 is 0. The van der Waals surface area contributed by atoms with E-state index in [2.05, 4.69) is 9.47 Å². The van der Waals surface area contributed by atoms with Crippen LogP contribution in [0, 0.1) is 0 Å². The Balaban J connectivity index is 2.73. The summed E-state index contributed by atoms with van der Waals surface area (Å²) in [5.41, 5.74) is 0. The van der Waals surface area contributed by atoms with E-state index < -0.39 is 56.3 Å². The van der Waals surface area contributed by atoms with Crippen molar-refractivity contribution in [1.82, 2.24) is 0 Å². The summed E-state index contributed by atoms with van der Waals surface area (Å²) in [6, 6.07) is 0. The Morgan fingerprint density at radius 2 is 1.83 bits per heavy atom. The molecule has 1 unspecified atom stereocenters. The molecule has 0 aromatic heterocycles. The van der Waals surface area contributed by atoms with E-state index in [9.17, 15) is 20.4 Å². The molecular weight excluding hydrogens is 252 g/mol. The summed E-state index contributed by atoms with van der Waals surface area (Å²) in [6.07, 6.45) is -8.28. The molecule has 1 rings (SSSR count). The fourth-order valence-corrected chi connectivity index (χ4v) is 1.53. The maximum absolute atomic E-state index is 9.85. The van der Waals surface area contributed by atoms with E-state index in [1.807, 2.05) is 0 Å². The predicted molar refractivity (Wildman–Crippen MR) is 54.0 cm³/mol. The molecule has 9 heteroatoms. The van der Waals surface area contributed by atoms with Gasteiger partial charge in [-0.3, -0.25) is 0 Å². The highest BCUT2D eigenvalue weighted by Gasteiger charge is 2.55. The van der Waals surface area contributed by atoms with Gasteiger partial charge in [0.15, 0.2) is 0 Å². The highest BCUT2D eigenvalue weighted by atomic mass is 16.7. The van der Waals surface area contributed by atoms with Gasteiger partial charge in [0.1, 0.15) is 24.4 Å². The van der Waals surface area contributed by atoms with Crippen LogP contribution < -0.4 is 0 Å². The molecule has 0 bridgehead atoms. The zero-order valence-corrected chi connectivity index (χ0v) is 9.46. The zero-order chi connectivity index (χ0) is 13.9. The largest absolute Gasteiger partial charge is 0.394 e. The second kappa shape index (κ2) is 6.19. The first-order valence-corrected chi connectivity index (χ1v) is 5.32. The Hall–Kier alpha value is -0.360. The van der Waals surface area contributed by atoms with Gasteiger partial charge in [-0.25, -0.2) is 0 Å². The van der Waals surface area contributed by atoms with Gasteiger partial charge in [-0.15, -0.1) is 0 Å². The molecule has 1 saturated heterocycles. The molecule has 18 heavy (non-hydrogen) atoms. The van der Waals surface area contributed by atoms with E-state index in [1.165, 1.54) is 0 Å². The van der Waals surface area contributed by atoms with Crippen LogP contribution in [0.4, 0.5) is 0 Å². The summed E-state index contributed by atoms with van der Waals surface area (Å²) in [7, 11) is 0. The molecule has 1 heterocycles. The maximum atomic E-state index is 9.85. The molecule has 0 spiro atoms. The molecule has 9 nitrogen and oxygen atoms in total. The lowest BCUT2D eigenvalue weighted by molar-refractivity contribution is -0.410. The Morgan fingerprint density at radius 3 is 2.33 bits per heavy atom. The number of aliphatic hydroxyl groups excluding tert-OH is 6. The normalized spacial score (nSPS) is 42.8. The van der Waals surface area contributed by atoms with E-state index >= 15 is 0 Å². The van der Waals surface area contributed by atoms with Crippen molar-refractivity contribution in [2.45, 2.75) is 36.5 Å². The average Bonchev–Trinajstić information content (AvgIpc) is 2.38. The number of ether oxygens (including phenoxy) is 2. The quantitative estimate of drug-likeness (QED) is 0.244. The van der Waals surface area contributed by atoms with Crippen molar-refractivity contribution in [2.75, 3.05) is 19.8 Å². The second-order valence-electron chi connectivity index (χ2n) is 4.04. The van der Waals surface area contributed by atoms with Gasteiger partial charge >= 0.3 is 0 Å². The number of hydrogen-bond acceptors (Lipinski definition) is 9. The Bertz CT molecular complexity index is 262. The summed E-state index contributed by atoms with van der Waals surface area (Å²) < 4.78 is 9.37. The van der Waals surface area contributed by atoms with Gasteiger partial charge in [-0.05, 0) is 0 Å². The van der Waals surface area contributed by atoms with E-state index in [4.69, 9.17) is 15.3 Å². The highest BCUT2D eigenvalue weighted by molar-refractivity contribution is 4.94. The molecule has 0 saturated carbocycles. The Labute approximate surface area is 102 Å². The number of aliphatic hydroxyl groups is 7. The predicted octanol–water partition coefficient (Wildman–Crippen LogP) is -4.52. The number of rotatable bonds is 5. The summed E-state index contributed by atoms with van der Waals surface area (Å²) in [5, 5.41) is 64.9. The fraction of sp³-hybridized carbons (Fsp3) is 1.00. The fourth-order valence-electron chi connectivity index (χ4n) is 1.53. The summed E-state index contributed by atoms with van der Waals surface area (Å²) in [5.74, 6) is -2.67. The standard InChI is InChI=1S/C9H18O9/c10-1-4(12)3-17-9(16)7(14)6(13)5(2-11)18-8(9)15/h4-8,10-16H,1-3H2/t4?,5-,6+,7+,8+,9+/m1/s1. The minimum absolute atomic E-state index is 0.596. The van der Waals surface area contributed by atoms with Crippen molar-refractivity contribution < 1.29 is 45.2 Å². The topological polar surface area (TPSA) is 160 Å². The van der Waals surface area contributed by atoms with Crippen LogP contribution in [0.2, 0.25) is 0 Å². The smallest absolute Gasteiger partial charge is 0.247 e. The molecule has 1 fully saturated rings. The molecule has 0 radical (unpaired) electrons. The van der Waals surface area contributed by atoms with Crippen molar-refractivity contribution in [3.8, 4) is 0 Å². The van der Waals surface area contributed by atoms with Crippen molar-refractivity contribution in [3.05, 3.63) is 0 Å².